The summed E-state index contributed by atoms with van der Waals surface area (Å²) in [5, 5.41) is 6.65. The average molecular weight is 926 g/mol. The van der Waals surface area contributed by atoms with Gasteiger partial charge in [0.2, 0.25) is 0 Å². The maximum Gasteiger partial charge on any atom is 0.136 e. The highest BCUT2D eigenvalue weighted by Gasteiger charge is 2.51. The molecule has 72 heavy (non-hydrogen) atoms. The molecule has 3 unspecified atom stereocenters. The van der Waals surface area contributed by atoms with Crippen molar-refractivity contribution < 1.29 is 13.3 Å². The molecule has 10 aromatic carbocycles. The Morgan fingerprint density at radius 2 is 0.833 bits per heavy atom. The predicted molar refractivity (Wildman–Crippen MR) is 295 cm³/mol. The van der Waals surface area contributed by atoms with Gasteiger partial charge >= 0.3 is 0 Å². The van der Waals surface area contributed by atoms with Crippen LogP contribution in [-0.2, 0) is 5.41 Å². The second kappa shape index (κ2) is 15.4. The summed E-state index contributed by atoms with van der Waals surface area (Å²) in [4.78, 5) is 5.83. The Labute approximate surface area is 416 Å². The molecule has 0 saturated heterocycles. The number of benzene rings is 10. The van der Waals surface area contributed by atoms with Crippen molar-refractivity contribution in [3.8, 4) is 33.4 Å². The Balaban J connectivity index is 0.873. The van der Waals surface area contributed by atoms with Crippen molar-refractivity contribution in [1.82, 2.24) is 0 Å². The maximum absolute atomic E-state index is 6.74. The predicted octanol–water partition coefficient (Wildman–Crippen LogP) is 18.4. The van der Waals surface area contributed by atoms with E-state index >= 15 is 0 Å². The average Bonchev–Trinajstić information content (AvgIpc) is 4.24. The van der Waals surface area contributed by atoms with Gasteiger partial charge in [-0.1, -0.05) is 178 Å². The van der Waals surface area contributed by atoms with Crippen molar-refractivity contribution in [2.45, 2.75) is 38.1 Å². The van der Waals surface area contributed by atoms with E-state index in [0.717, 1.165) is 88.2 Å². The molecule has 342 valence electrons. The van der Waals surface area contributed by atoms with Gasteiger partial charge in [-0.15, -0.1) is 0 Å². The molecular weight excluding hydrogens is 879 g/mol. The largest absolute Gasteiger partial charge is 0.456 e. The van der Waals surface area contributed by atoms with Crippen LogP contribution in [0.2, 0.25) is 0 Å². The molecule has 3 atom stereocenters. The molecule has 0 radical (unpaired) electrons. The summed E-state index contributed by atoms with van der Waals surface area (Å²) in [7, 11) is 0. The molecule has 4 heteroatoms. The fourth-order valence-corrected chi connectivity index (χ4v) is 13.0. The third-order valence-electron chi connectivity index (χ3n) is 16.4. The smallest absolute Gasteiger partial charge is 0.136 e. The van der Waals surface area contributed by atoms with Crippen LogP contribution in [0.25, 0.3) is 99.2 Å². The zero-order valence-corrected chi connectivity index (χ0v) is 40.1. The van der Waals surface area contributed by atoms with Crippen LogP contribution in [0.4, 0.5) is 0 Å². The molecule has 2 aliphatic rings. The zero-order chi connectivity index (χ0) is 47.8. The van der Waals surface area contributed by atoms with Gasteiger partial charge in [0.15, 0.2) is 0 Å². The third kappa shape index (κ3) is 5.66. The molecule has 15 rings (SSSR count). The van der Waals surface area contributed by atoms with Gasteiger partial charge < -0.3 is 13.3 Å². The normalized spacial score (nSPS) is 14.9. The van der Waals surface area contributed by atoms with Crippen molar-refractivity contribution in [2.24, 2.45) is 10.9 Å². The van der Waals surface area contributed by atoms with E-state index in [4.69, 9.17) is 18.2 Å². The molecule has 0 N–H and O–H groups in total. The molecule has 0 saturated carbocycles. The van der Waals surface area contributed by atoms with E-state index in [-0.39, 0.29) is 23.3 Å². The SMILES string of the molecule is CC(N=C(c1cccc2oc3ccccc3c12)C(C)C(C)c1cccc2oc3ccc(-c4ccc5c(c4)-c4ccccc4C54c5ccccc5-c5ccccc54)cc3c12)c1cccc2oc3ccccc3c12. The van der Waals surface area contributed by atoms with Crippen molar-refractivity contribution in [1.29, 1.82) is 0 Å². The van der Waals surface area contributed by atoms with Gasteiger partial charge in [-0.2, -0.15) is 0 Å². The van der Waals surface area contributed by atoms with Crippen molar-refractivity contribution >= 4 is 71.5 Å². The van der Waals surface area contributed by atoms with E-state index in [2.05, 4.69) is 215 Å². The lowest BCUT2D eigenvalue weighted by Crippen LogP contribution is -2.25. The molecule has 0 amide bonds. The molecule has 0 fully saturated rings. The molecule has 1 spiro atoms. The number of hydrogen-bond donors (Lipinski definition) is 0. The molecule has 13 aromatic rings. The zero-order valence-electron chi connectivity index (χ0n) is 40.1. The molecule has 0 aliphatic heterocycles. The minimum Gasteiger partial charge on any atom is -0.456 e. The van der Waals surface area contributed by atoms with Crippen LogP contribution in [0.3, 0.4) is 0 Å². The highest BCUT2D eigenvalue weighted by atomic mass is 16.3. The summed E-state index contributed by atoms with van der Waals surface area (Å²) >= 11 is 0. The van der Waals surface area contributed by atoms with Gasteiger partial charge in [0, 0.05) is 49.5 Å². The van der Waals surface area contributed by atoms with E-state index in [0.29, 0.717) is 0 Å². The first-order valence-electron chi connectivity index (χ1n) is 25.2. The summed E-state index contributed by atoms with van der Waals surface area (Å²) in [6.07, 6.45) is 0. The Morgan fingerprint density at radius 1 is 0.375 bits per heavy atom. The van der Waals surface area contributed by atoms with Crippen molar-refractivity contribution in [2.75, 3.05) is 0 Å². The third-order valence-corrected chi connectivity index (χ3v) is 16.4. The molecule has 4 nitrogen and oxygen atoms in total. The van der Waals surface area contributed by atoms with E-state index in [9.17, 15) is 0 Å². The Hall–Kier alpha value is -8.73. The summed E-state index contributed by atoms with van der Waals surface area (Å²) in [6, 6.07) is 76.7. The Morgan fingerprint density at radius 3 is 1.49 bits per heavy atom. The summed E-state index contributed by atoms with van der Waals surface area (Å²) in [6.45, 7) is 6.91. The first-order valence-corrected chi connectivity index (χ1v) is 25.2. The van der Waals surface area contributed by atoms with Crippen LogP contribution in [-0.4, -0.2) is 5.71 Å². The molecule has 3 heterocycles. The first-order chi connectivity index (χ1) is 35.5. The number of rotatable bonds is 7. The molecule has 0 bridgehead atoms. The lowest BCUT2D eigenvalue weighted by Gasteiger charge is -2.30. The minimum absolute atomic E-state index is 0.0271. The van der Waals surface area contributed by atoms with Crippen LogP contribution in [0.1, 0.15) is 71.7 Å². The van der Waals surface area contributed by atoms with Crippen LogP contribution < -0.4 is 0 Å². The molecular formula is C68H47NO3. The van der Waals surface area contributed by atoms with Crippen LogP contribution in [0.5, 0.6) is 0 Å². The van der Waals surface area contributed by atoms with Crippen LogP contribution in [0, 0.1) is 5.92 Å². The topological polar surface area (TPSA) is 51.8 Å². The van der Waals surface area contributed by atoms with Crippen molar-refractivity contribution in [3.63, 3.8) is 0 Å². The fourth-order valence-electron chi connectivity index (χ4n) is 13.0. The van der Waals surface area contributed by atoms with Gasteiger partial charge in [0.1, 0.15) is 33.5 Å². The number of nitrogens with zero attached hydrogens (tertiary/aromatic N) is 1. The van der Waals surface area contributed by atoms with Gasteiger partial charge in [0.05, 0.1) is 11.5 Å². The van der Waals surface area contributed by atoms with Crippen LogP contribution >= 0.6 is 0 Å². The molecule has 3 aromatic heterocycles. The number of fused-ring (bicyclic) bond motifs is 19. The summed E-state index contributed by atoms with van der Waals surface area (Å²) < 4.78 is 19.6. The number of aliphatic imine (C=N–C) groups is 1. The second-order valence-electron chi connectivity index (χ2n) is 20.0. The number of hydrogen-bond acceptors (Lipinski definition) is 4. The van der Waals surface area contributed by atoms with Gasteiger partial charge in [-0.05, 0) is 128 Å². The second-order valence-corrected chi connectivity index (χ2v) is 20.0. The van der Waals surface area contributed by atoms with Crippen molar-refractivity contribution in [3.05, 3.63) is 251 Å². The fraction of sp³-hybridized carbons (Fsp3) is 0.103. The lowest BCUT2D eigenvalue weighted by molar-refractivity contribution is 0.620. The highest BCUT2D eigenvalue weighted by Crippen LogP contribution is 2.63. The van der Waals surface area contributed by atoms with Gasteiger partial charge in [-0.25, -0.2) is 0 Å². The summed E-state index contributed by atoms with van der Waals surface area (Å²) in [5.41, 5.74) is 22.3. The number of para-hydroxylation sites is 2. The van der Waals surface area contributed by atoms with E-state index in [1.165, 1.54) is 55.6 Å². The quantitative estimate of drug-likeness (QED) is 0.150. The van der Waals surface area contributed by atoms with Crippen LogP contribution in [0.15, 0.2) is 231 Å². The van der Waals surface area contributed by atoms with E-state index in [1.807, 2.05) is 18.2 Å². The summed E-state index contributed by atoms with van der Waals surface area (Å²) in [5.74, 6) is 0.00798. The monoisotopic (exact) mass is 925 g/mol. The first kappa shape index (κ1) is 41.1. The number of furan rings is 3. The molecule has 2 aliphatic carbocycles. The maximum atomic E-state index is 6.74. The lowest BCUT2D eigenvalue weighted by atomic mass is 9.70. The van der Waals surface area contributed by atoms with Gasteiger partial charge in [0.25, 0.3) is 0 Å². The highest BCUT2D eigenvalue weighted by molar-refractivity contribution is 6.20. The van der Waals surface area contributed by atoms with E-state index < -0.39 is 0 Å². The standard InChI is InChI=1S/C68H47NO3/c1-39(40(2)67(51-24-16-32-63-66(51)50-21-8-13-29-59(50)71-63)69-41(3)45-23-15-31-62-65(45)49-20-7-12-28-58(49)70-62)44-22-14-30-61-64(44)53-38-43(34-36-60(53)72-61)42-33-35-57-52(37-42)48-19-6-11-27-56(48)68(57)54-25-9-4-17-46(54)47-18-5-10-26-55(47)68/h4-41H,1-3H3. The van der Waals surface area contributed by atoms with E-state index in [1.54, 1.807) is 0 Å². The Kier molecular flexibility index (Phi) is 8.78. The minimum atomic E-state index is -0.374. The van der Waals surface area contributed by atoms with Gasteiger partial charge in [-0.3, -0.25) is 4.99 Å². The Bertz CT molecular complexity index is 4380.